The molecule has 2 atom stereocenters. The van der Waals surface area contributed by atoms with Crippen molar-refractivity contribution in [3.05, 3.63) is 59.7 Å². The predicted octanol–water partition coefficient (Wildman–Crippen LogP) is 3.32. The number of hydrogen-bond donors (Lipinski definition) is 1. The van der Waals surface area contributed by atoms with Crippen molar-refractivity contribution < 1.29 is 38.4 Å². The average molecular weight is 463 g/mol. The summed E-state index contributed by atoms with van der Waals surface area (Å²) >= 11 is 0. The van der Waals surface area contributed by atoms with Crippen LogP contribution in [0.1, 0.15) is 36.8 Å². The van der Waals surface area contributed by atoms with Crippen LogP contribution in [0.25, 0.3) is 0 Å². The molecule has 182 valence electrons. The molecule has 0 heterocycles. The first-order valence-corrected chi connectivity index (χ1v) is 10.7. The number of carbonyl (C=O) groups excluding carboxylic acids is 2. The topological polar surface area (TPSA) is 101 Å². The van der Waals surface area contributed by atoms with Crippen molar-refractivity contribution in [2.24, 2.45) is 0 Å². The minimum atomic E-state index is -0.643. The molecule has 2 rings (SSSR count). The summed E-state index contributed by atoms with van der Waals surface area (Å²) in [6, 6.07) is 14.4. The molecule has 2 aromatic carbocycles. The minimum Gasteiger partial charge on any atom is -0.497 e. The Kier molecular flexibility index (Phi) is 13.3. The molecule has 0 aliphatic carbocycles. The number of benzene rings is 2. The molecule has 1 N–H and O–H groups in total. The summed E-state index contributed by atoms with van der Waals surface area (Å²) in [7, 11) is 4.71. The molecule has 0 saturated carbocycles. The van der Waals surface area contributed by atoms with E-state index in [0.29, 0.717) is 36.9 Å². The van der Waals surface area contributed by atoms with Crippen molar-refractivity contribution >= 4 is 11.9 Å². The van der Waals surface area contributed by atoms with Gasteiger partial charge in [0.25, 0.3) is 0 Å². The summed E-state index contributed by atoms with van der Waals surface area (Å²) in [5, 5.41) is 9.20. The lowest BCUT2D eigenvalue weighted by Gasteiger charge is -2.15. The second-order valence-corrected chi connectivity index (χ2v) is 6.80. The quantitative estimate of drug-likeness (QED) is 0.508. The van der Waals surface area contributed by atoms with Gasteiger partial charge in [-0.25, -0.2) is 0 Å². The van der Waals surface area contributed by atoms with Gasteiger partial charge in [0.15, 0.2) is 0 Å². The number of ether oxygens (including phenoxy) is 5. The van der Waals surface area contributed by atoms with Gasteiger partial charge in [0, 0.05) is 7.11 Å². The molecule has 0 aliphatic heterocycles. The van der Waals surface area contributed by atoms with Crippen LogP contribution in [-0.2, 0) is 23.8 Å². The lowest BCUT2D eigenvalue weighted by molar-refractivity contribution is -0.147. The zero-order valence-electron chi connectivity index (χ0n) is 19.9. The normalized spacial score (nSPS) is 11.9. The highest BCUT2D eigenvalue weighted by molar-refractivity contribution is 5.79. The molecule has 0 spiro atoms. The van der Waals surface area contributed by atoms with Crippen LogP contribution in [0, 0.1) is 0 Å². The molecule has 0 aliphatic rings. The number of esters is 2. The molecule has 8 heteroatoms. The lowest BCUT2D eigenvalue weighted by atomic mass is 10.00. The third-order valence-electron chi connectivity index (χ3n) is 4.65. The summed E-state index contributed by atoms with van der Waals surface area (Å²) < 4.78 is 25.2. The van der Waals surface area contributed by atoms with Crippen molar-refractivity contribution in [3.63, 3.8) is 0 Å². The smallest absolute Gasteiger partial charge is 0.315 e. The van der Waals surface area contributed by atoms with Gasteiger partial charge >= 0.3 is 11.9 Å². The number of carbonyl (C=O) groups is 2. The Balaban J connectivity index is 0.000000331. The van der Waals surface area contributed by atoms with Gasteiger partial charge in [-0.3, -0.25) is 9.59 Å². The number of aliphatic hydroxyl groups excluding tert-OH is 1. The van der Waals surface area contributed by atoms with E-state index in [4.69, 9.17) is 23.7 Å². The van der Waals surface area contributed by atoms with E-state index in [1.165, 1.54) is 0 Å². The molecule has 2 unspecified atom stereocenters. The second kappa shape index (κ2) is 15.7. The van der Waals surface area contributed by atoms with Gasteiger partial charge < -0.3 is 28.8 Å². The predicted molar refractivity (Wildman–Crippen MR) is 124 cm³/mol. The van der Waals surface area contributed by atoms with Crippen LogP contribution in [0.2, 0.25) is 0 Å². The lowest BCUT2D eigenvalue weighted by Crippen LogP contribution is -2.20. The summed E-state index contributed by atoms with van der Waals surface area (Å²) in [5.74, 6) is -0.376. The minimum absolute atomic E-state index is 0.272. The largest absolute Gasteiger partial charge is 0.497 e. The van der Waals surface area contributed by atoms with Crippen LogP contribution in [0.3, 0.4) is 0 Å². The molecule has 0 fully saturated rings. The SMILES string of the molecule is CCOC(=O)C(CO)c1cccc(OC)c1.CCOC(=O)C(COC)c1cccc(OC)c1. The first-order valence-electron chi connectivity index (χ1n) is 10.7. The van der Waals surface area contributed by atoms with Crippen LogP contribution in [-0.4, -0.2) is 64.8 Å². The molecule has 0 amide bonds. The Labute approximate surface area is 195 Å². The Morgan fingerprint density at radius 3 is 1.64 bits per heavy atom. The van der Waals surface area contributed by atoms with Crippen LogP contribution in [0.4, 0.5) is 0 Å². The number of aliphatic hydroxyl groups is 1. The zero-order chi connectivity index (χ0) is 24.6. The highest BCUT2D eigenvalue weighted by Crippen LogP contribution is 2.23. The van der Waals surface area contributed by atoms with Crippen molar-refractivity contribution in [1.82, 2.24) is 0 Å². The molecule has 8 nitrogen and oxygen atoms in total. The molecule has 0 aromatic heterocycles. The van der Waals surface area contributed by atoms with Gasteiger partial charge in [-0.2, -0.15) is 0 Å². The van der Waals surface area contributed by atoms with E-state index >= 15 is 0 Å². The fraction of sp³-hybridized carbons (Fsp3) is 0.440. The summed E-state index contributed by atoms with van der Waals surface area (Å²) in [6.07, 6.45) is 0. The fourth-order valence-electron chi connectivity index (χ4n) is 2.99. The maximum Gasteiger partial charge on any atom is 0.315 e. The van der Waals surface area contributed by atoms with E-state index in [1.807, 2.05) is 24.3 Å². The summed E-state index contributed by atoms with van der Waals surface area (Å²) in [5.41, 5.74) is 1.53. The third kappa shape index (κ3) is 9.11. The number of rotatable bonds is 11. The highest BCUT2D eigenvalue weighted by Gasteiger charge is 2.22. The Morgan fingerprint density at radius 2 is 1.24 bits per heavy atom. The molecule has 0 radical (unpaired) electrons. The van der Waals surface area contributed by atoms with E-state index in [-0.39, 0.29) is 12.6 Å². The second-order valence-electron chi connectivity index (χ2n) is 6.80. The van der Waals surface area contributed by atoms with Crippen molar-refractivity contribution in [3.8, 4) is 11.5 Å². The molecule has 33 heavy (non-hydrogen) atoms. The van der Waals surface area contributed by atoms with Crippen molar-refractivity contribution in [2.75, 3.05) is 47.8 Å². The molecular formula is C25H34O8. The van der Waals surface area contributed by atoms with E-state index in [9.17, 15) is 14.7 Å². The standard InChI is InChI=1S/C13H18O4.C12H16O4/c1-4-17-13(14)12(9-15-2)10-6-5-7-11(8-10)16-3;1-3-16-12(14)11(8-13)9-5-4-6-10(7-9)15-2/h5-8,12H,4,9H2,1-3H3;4-7,11,13H,3,8H2,1-2H3. The monoisotopic (exact) mass is 462 g/mol. The first kappa shape index (κ1) is 27.9. The van der Waals surface area contributed by atoms with Gasteiger partial charge in [0.1, 0.15) is 23.3 Å². The van der Waals surface area contributed by atoms with Gasteiger partial charge in [-0.05, 0) is 49.2 Å². The summed E-state index contributed by atoms with van der Waals surface area (Å²) in [6.45, 7) is 4.21. The van der Waals surface area contributed by atoms with Gasteiger partial charge in [0.2, 0.25) is 0 Å². The van der Waals surface area contributed by atoms with E-state index < -0.39 is 17.8 Å². The first-order chi connectivity index (χ1) is 15.9. The van der Waals surface area contributed by atoms with Crippen LogP contribution >= 0.6 is 0 Å². The van der Waals surface area contributed by atoms with E-state index in [1.54, 1.807) is 59.4 Å². The van der Waals surface area contributed by atoms with Gasteiger partial charge in [-0.15, -0.1) is 0 Å². The van der Waals surface area contributed by atoms with Crippen LogP contribution in [0.5, 0.6) is 11.5 Å². The van der Waals surface area contributed by atoms with E-state index in [0.717, 1.165) is 5.56 Å². The van der Waals surface area contributed by atoms with Gasteiger partial charge in [0.05, 0.1) is 40.6 Å². The Hall–Kier alpha value is -3.10. The molecule has 2 aromatic rings. The zero-order valence-corrected chi connectivity index (χ0v) is 19.9. The number of methoxy groups -OCH3 is 3. The van der Waals surface area contributed by atoms with E-state index in [2.05, 4.69) is 0 Å². The summed E-state index contributed by atoms with van der Waals surface area (Å²) in [4.78, 5) is 23.3. The third-order valence-corrected chi connectivity index (χ3v) is 4.65. The molecular weight excluding hydrogens is 428 g/mol. The van der Waals surface area contributed by atoms with Crippen LogP contribution in [0.15, 0.2) is 48.5 Å². The maximum absolute atomic E-state index is 11.8. The van der Waals surface area contributed by atoms with Crippen molar-refractivity contribution in [1.29, 1.82) is 0 Å². The molecule has 0 saturated heterocycles. The Morgan fingerprint density at radius 1 is 0.788 bits per heavy atom. The Bertz CT molecular complexity index is 852. The fourth-order valence-corrected chi connectivity index (χ4v) is 2.99. The van der Waals surface area contributed by atoms with Gasteiger partial charge in [-0.1, -0.05) is 24.3 Å². The maximum atomic E-state index is 11.8. The molecule has 0 bridgehead atoms. The highest BCUT2D eigenvalue weighted by atomic mass is 16.5. The number of hydrogen-bond acceptors (Lipinski definition) is 8. The average Bonchev–Trinajstić information content (AvgIpc) is 2.84. The van der Waals surface area contributed by atoms with Crippen molar-refractivity contribution in [2.45, 2.75) is 25.7 Å². The van der Waals surface area contributed by atoms with Crippen LogP contribution < -0.4 is 9.47 Å².